The number of nitrogens with one attached hydrogen (secondary N) is 1. The van der Waals surface area contributed by atoms with Crippen molar-refractivity contribution < 1.29 is 23.8 Å². The van der Waals surface area contributed by atoms with Crippen LogP contribution in [0.1, 0.15) is 56.6 Å². The molecule has 5 rings (SSSR count). The molecule has 2 atom stereocenters. The van der Waals surface area contributed by atoms with E-state index >= 15 is 0 Å². The number of hydrogen-bond donors (Lipinski definition) is 1. The van der Waals surface area contributed by atoms with Crippen molar-refractivity contribution in [3.63, 3.8) is 0 Å². The number of ether oxygens (including phenoxy) is 3. The van der Waals surface area contributed by atoms with Gasteiger partial charge in [-0.2, -0.15) is 0 Å². The molecule has 7 heteroatoms. The van der Waals surface area contributed by atoms with Crippen LogP contribution in [-0.4, -0.2) is 25.2 Å². The first kappa shape index (κ1) is 23.5. The van der Waals surface area contributed by atoms with Gasteiger partial charge >= 0.3 is 5.97 Å². The molecule has 2 aromatic carbocycles. The molecular weight excluding hydrogens is 466 g/mol. The predicted octanol–water partition coefficient (Wildman–Crippen LogP) is 5.63. The Hall–Kier alpha value is -3.25. The minimum absolute atomic E-state index is 0.0167. The van der Waals surface area contributed by atoms with Crippen molar-refractivity contribution >= 4 is 23.4 Å². The van der Waals surface area contributed by atoms with Gasteiger partial charge in [-0.25, -0.2) is 4.79 Å². The molecule has 0 bridgehead atoms. The summed E-state index contributed by atoms with van der Waals surface area (Å²) in [6.07, 6.45) is 1.02. The van der Waals surface area contributed by atoms with Gasteiger partial charge in [0, 0.05) is 34.3 Å². The fourth-order valence-corrected chi connectivity index (χ4v) is 5.15. The molecule has 0 saturated carbocycles. The van der Waals surface area contributed by atoms with Crippen LogP contribution in [0.25, 0.3) is 0 Å². The van der Waals surface area contributed by atoms with Crippen molar-refractivity contribution in [1.29, 1.82) is 0 Å². The number of halogens is 1. The molecule has 2 heterocycles. The molecule has 1 N–H and O–H groups in total. The van der Waals surface area contributed by atoms with Crippen LogP contribution in [-0.2, 0) is 14.3 Å². The number of benzene rings is 2. The standard InChI is InChI=1S/C28H28ClNO5/c1-15(2)13-33-28(32)25-16(3)30-21-10-19(17-4-7-20(29)8-5-17)11-22(31)27(21)26(25)18-6-9-23-24(12-18)35-14-34-23/h4-9,12,15,19,26,30H,10-11,13-14H2,1-3H3. The third kappa shape index (κ3) is 4.55. The molecule has 0 radical (unpaired) electrons. The molecule has 35 heavy (non-hydrogen) atoms. The van der Waals surface area contributed by atoms with Gasteiger partial charge < -0.3 is 19.5 Å². The van der Waals surface area contributed by atoms with E-state index in [1.165, 1.54) is 0 Å². The second-order valence-electron chi connectivity index (χ2n) is 9.67. The number of hydrogen-bond acceptors (Lipinski definition) is 6. The van der Waals surface area contributed by atoms with Crippen LogP contribution in [0.2, 0.25) is 5.02 Å². The van der Waals surface area contributed by atoms with Crippen molar-refractivity contribution in [1.82, 2.24) is 5.32 Å². The lowest BCUT2D eigenvalue weighted by molar-refractivity contribution is -0.140. The zero-order valence-electron chi connectivity index (χ0n) is 20.0. The van der Waals surface area contributed by atoms with Gasteiger partial charge in [-0.3, -0.25) is 4.79 Å². The molecule has 2 aromatic rings. The second kappa shape index (κ2) is 9.42. The van der Waals surface area contributed by atoms with E-state index in [1.54, 1.807) is 0 Å². The van der Waals surface area contributed by atoms with Gasteiger partial charge in [0.15, 0.2) is 17.3 Å². The lowest BCUT2D eigenvalue weighted by atomic mass is 9.71. The lowest BCUT2D eigenvalue weighted by Gasteiger charge is -2.36. The third-order valence-corrected chi connectivity index (χ3v) is 6.92. The number of Topliss-reactive ketones (excluding diaryl/α,β-unsaturated/α-hetero) is 1. The first-order valence-electron chi connectivity index (χ1n) is 11.9. The maximum Gasteiger partial charge on any atom is 0.336 e. The molecule has 2 aliphatic heterocycles. The van der Waals surface area contributed by atoms with E-state index in [0.29, 0.717) is 52.8 Å². The number of fused-ring (bicyclic) bond motifs is 1. The van der Waals surface area contributed by atoms with E-state index in [1.807, 2.05) is 63.2 Å². The van der Waals surface area contributed by atoms with Gasteiger partial charge in [0.1, 0.15) is 0 Å². The lowest BCUT2D eigenvalue weighted by Crippen LogP contribution is -2.36. The average molecular weight is 494 g/mol. The molecule has 1 aliphatic carbocycles. The highest BCUT2D eigenvalue weighted by molar-refractivity contribution is 6.30. The highest BCUT2D eigenvalue weighted by atomic mass is 35.5. The van der Waals surface area contributed by atoms with E-state index in [4.69, 9.17) is 25.8 Å². The Morgan fingerprint density at radius 3 is 2.54 bits per heavy atom. The van der Waals surface area contributed by atoms with Crippen molar-refractivity contribution in [2.75, 3.05) is 13.4 Å². The van der Waals surface area contributed by atoms with Crippen LogP contribution in [0, 0.1) is 5.92 Å². The van der Waals surface area contributed by atoms with Crippen molar-refractivity contribution in [3.8, 4) is 11.5 Å². The van der Waals surface area contributed by atoms with Crippen LogP contribution in [0.15, 0.2) is 65.0 Å². The molecule has 3 aliphatic rings. The van der Waals surface area contributed by atoms with Gasteiger partial charge in [-0.05, 0) is 60.6 Å². The van der Waals surface area contributed by atoms with Crippen LogP contribution in [0.3, 0.4) is 0 Å². The average Bonchev–Trinajstić information content (AvgIpc) is 3.30. The zero-order valence-corrected chi connectivity index (χ0v) is 20.8. The van der Waals surface area contributed by atoms with Gasteiger partial charge in [0.05, 0.1) is 12.2 Å². The summed E-state index contributed by atoms with van der Waals surface area (Å²) in [5.41, 5.74) is 4.50. The number of dihydropyridines is 1. The summed E-state index contributed by atoms with van der Waals surface area (Å²) < 4.78 is 16.7. The Morgan fingerprint density at radius 2 is 1.80 bits per heavy atom. The van der Waals surface area contributed by atoms with Crippen molar-refractivity contribution in [3.05, 3.63) is 81.2 Å². The summed E-state index contributed by atoms with van der Waals surface area (Å²) in [5.74, 6) is 0.558. The SMILES string of the molecule is CC1=C(C(=O)OCC(C)C)C(c2ccc3c(c2)OCO3)C2=C(CC(c3ccc(Cl)cc3)CC2=O)N1. The molecule has 2 unspecified atom stereocenters. The van der Waals surface area contributed by atoms with E-state index < -0.39 is 11.9 Å². The van der Waals surface area contributed by atoms with E-state index in [0.717, 1.165) is 16.8 Å². The largest absolute Gasteiger partial charge is 0.462 e. The Labute approximate surface area is 209 Å². The minimum atomic E-state index is -0.543. The topological polar surface area (TPSA) is 73.9 Å². The van der Waals surface area contributed by atoms with Crippen molar-refractivity contribution in [2.45, 2.75) is 45.4 Å². The Kier molecular flexibility index (Phi) is 6.32. The summed E-state index contributed by atoms with van der Waals surface area (Å²) in [7, 11) is 0. The maximum atomic E-state index is 13.7. The number of carbonyl (C=O) groups excluding carboxylic acids is 2. The Bertz CT molecular complexity index is 1240. The molecule has 6 nitrogen and oxygen atoms in total. The monoisotopic (exact) mass is 493 g/mol. The normalized spacial score (nSPS) is 21.2. The Balaban J connectivity index is 1.56. The van der Waals surface area contributed by atoms with Gasteiger partial charge in [0.2, 0.25) is 6.79 Å². The van der Waals surface area contributed by atoms with Crippen LogP contribution in [0.4, 0.5) is 0 Å². The molecule has 0 amide bonds. The van der Waals surface area contributed by atoms with E-state index in [9.17, 15) is 9.59 Å². The zero-order chi connectivity index (χ0) is 24.7. The minimum Gasteiger partial charge on any atom is -0.462 e. The second-order valence-corrected chi connectivity index (χ2v) is 10.1. The first-order valence-corrected chi connectivity index (χ1v) is 12.3. The molecule has 0 saturated heterocycles. The molecule has 0 aromatic heterocycles. The van der Waals surface area contributed by atoms with Crippen LogP contribution < -0.4 is 14.8 Å². The summed E-state index contributed by atoms with van der Waals surface area (Å²) in [4.78, 5) is 27.0. The van der Waals surface area contributed by atoms with Gasteiger partial charge in [-0.1, -0.05) is 43.6 Å². The maximum absolute atomic E-state index is 13.7. The summed E-state index contributed by atoms with van der Waals surface area (Å²) in [6, 6.07) is 13.2. The fourth-order valence-electron chi connectivity index (χ4n) is 5.03. The Morgan fingerprint density at radius 1 is 1.09 bits per heavy atom. The quantitative estimate of drug-likeness (QED) is 0.544. The van der Waals surface area contributed by atoms with Gasteiger partial charge in [-0.15, -0.1) is 0 Å². The smallest absolute Gasteiger partial charge is 0.336 e. The van der Waals surface area contributed by atoms with Crippen LogP contribution in [0.5, 0.6) is 11.5 Å². The predicted molar refractivity (Wildman–Crippen MR) is 132 cm³/mol. The number of ketones is 1. The highest BCUT2D eigenvalue weighted by Gasteiger charge is 2.42. The summed E-state index contributed by atoms with van der Waals surface area (Å²) in [6.45, 7) is 6.31. The third-order valence-electron chi connectivity index (χ3n) is 6.67. The molecule has 0 fully saturated rings. The number of carbonyl (C=O) groups is 2. The fraction of sp³-hybridized carbons (Fsp3) is 0.357. The molecule has 182 valence electrons. The van der Waals surface area contributed by atoms with E-state index in [2.05, 4.69) is 5.32 Å². The van der Waals surface area contributed by atoms with Crippen LogP contribution >= 0.6 is 11.6 Å². The summed E-state index contributed by atoms with van der Waals surface area (Å²) >= 11 is 6.07. The molecular formula is C28H28ClNO5. The number of allylic oxidation sites excluding steroid dienone is 3. The molecule has 0 spiro atoms. The first-order chi connectivity index (χ1) is 16.8. The number of esters is 1. The highest BCUT2D eigenvalue weighted by Crippen LogP contribution is 2.47. The van der Waals surface area contributed by atoms with Crippen molar-refractivity contribution in [2.24, 2.45) is 5.92 Å². The van der Waals surface area contributed by atoms with Gasteiger partial charge in [0.25, 0.3) is 0 Å². The van der Waals surface area contributed by atoms with E-state index in [-0.39, 0.29) is 24.4 Å². The summed E-state index contributed by atoms with van der Waals surface area (Å²) in [5, 5.41) is 4.05. The number of rotatable bonds is 5.